The summed E-state index contributed by atoms with van der Waals surface area (Å²) in [6, 6.07) is 18.7. The molecule has 0 unspecified atom stereocenters. The molecule has 0 aromatic heterocycles. The van der Waals surface area contributed by atoms with Gasteiger partial charge in [-0.15, -0.1) is 0 Å². The van der Waals surface area contributed by atoms with E-state index in [2.05, 4.69) is 55.6 Å². The minimum atomic E-state index is -0.0361. The number of aryl methyl sites for hydroxylation is 1. The maximum Gasteiger partial charge on any atom is 0.243 e. The Kier molecular flexibility index (Phi) is 6.61. The maximum atomic E-state index is 11.8. The van der Waals surface area contributed by atoms with Crippen LogP contribution in [0.5, 0.6) is 0 Å². The average molecular weight is 307 g/mol. The molecule has 0 bridgehead atoms. The smallest absolute Gasteiger partial charge is 0.243 e. The third-order valence-electron chi connectivity index (χ3n) is 3.81. The summed E-state index contributed by atoms with van der Waals surface area (Å²) in [4.78, 5) is 11.8. The normalized spacial score (nSPS) is 11.1. The monoisotopic (exact) mass is 307 g/mol. The van der Waals surface area contributed by atoms with Crippen molar-refractivity contribution < 1.29 is 4.79 Å². The molecule has 2 heteroatoms. The van der Waals surface area contributed by atoms with Gasteiger partial charge in [0.15, 0.2) is 0 Å². The molecule has 0 aliphatic heterocycles. The lowest BCUT2D eigenvalue weighted by Crippen LogP contribution is -2.22. The number of amides is 1. The predicted molar refractivity (Wildman–Crippen MR) is 97.3 cm³/mol. The second-order valence-electron chi connectivity index (χ2n) is 6.03. The first-order chi connectivity index (χ1) is 11.1. The van der Waals surface area contributed by atoms with E-state index in [9.17, 15) is 4.79 Å². The number of hydrogen-bond acceptors (Lipinski definition) is 1. The summed E-state index contributed by atoms with van der Waals surface area (Å²) in [6.45, 7) is 5.05. The van der Waals surface area contributed by atoms with Gasteiger partial charge >= 0.3 is 0 Å². The zero-order valence-electron chi connectivity index (χ0n) is 14.0. The number of nitrogens with one attached hydrogen (secondary N) is 1. The van der Waals surface area contributed by atoms with Crippen LogP contribution in [0.2, 0.25) is 0 Å². The van der Waals surface area contributed by atoms with E-state index in [-0.39, 0.29) is 5.91 Å². The fourth-order valence-corrected chi connectivity index (χ4v) is 2.37. The van der Waals surface area contributed by atoms with E-state index in [4.69, 9.17) is 0 Å². The summed E-state index contributed by atoms with van der Waals surface area (Å²) < 4.78 is 0. The Bertz CT molecular complexity index is 627. The van der Waals surface area contributed by atoms with Crippen molar-refractivity contribution in [2.24, 2.45) is 0 Å². The predicted octanol–water partition coefficient (Wildman–Crippen LogP) is 4.57. The quantitative estimate of drug-likeness (QED) is 0.589. The summed E-state index contributed by atoms with van der Waals surface area (Å²) in [5.41, 5.74) is 3.67. The number of benzene rings is 2. The molecule has 0 spiro atoms. The van der Waals surface area contributed by atoms with Crippen molar-refractivity contribution in [2.75, 3.05) is 6.54 Å². The standard InChI is InChI=1S/C21H25NO/c1-17(2)20-13-10-19(11-14-20)12-15-21(23)22-16-6-9-18-7-4-3-5-8-18/h3-5,7-8,10-15,17H,6,9,16H2,1-2H3,(H,22,23)/b15-12-. The van der Waals surface area contributed by atoms with Crippen LogP contribution >= 0.6 is 0 Å². The SMILES string of the molecule is CC(C)c1ccc(/C=C\C(=O)NCCCc2ccccc2)cc1. The highest BCUT2D eigenvalue weighted by molar-refractivity contribution is 5.91. The number of rotatable bonds is 7. The first-order valence-corrected chi connectivity index (χ1v) is 8.25. The third kappa shape index (κ3) is 6.11. The molecule has 1 amide bonds. The highest BCUT2D eigenvalue weighted by Gasteiger charge is 1.99. The van der Waals surface area contributed by atoms with Gasteiger partial charge in [0.05, 0.1) is 0 Å². The maximum absolute atomic E-state index is 11.8. The van der Waals surface area contributed by atoms with Crippen LogP contribution in [-0.4, -0.2) is 12.5 Å². The van der Waals surface area contributed by atoms with Crippen LogP contribution in [0.4, 0.5) is 0 Å². The van der Waals surface area contributed by atoms with Crippen molar-refractivity contribution >= 4 is 12.0 Å². The molecule has 0 atom stereocenters. The van der Waals surface area contributed by atoms with E-state index in [1.54, 1.807) is 6.08 Å². The summed E-state index contributed by atoms with van der Waals surface area (Å²) >= 11 is 0. The van der Waals surface area contributed by atoms with Crippen molar-refractivity contribution in [1.82, 2.24) is 5.32 Å². The van der Waals surface area contributed by atoms with E-state index < -0.39 is 0 Å². The van der Waals surface area contributed by atoms with Gasteiger partial charge in [0.25, 0.3) is 0 Å². The minimum absolute atomic E-state index is 0.0361. The van der Waals surface area contributed by atoms with Crippen molar-refractivity contribution in [3.63, 3.8) is 0 Å². The van der Waals surface area contributed by atoms with Crippen LogP contribution in [0.25, 0.3) is 6.08 Å². The second-order valence-corrected chi connectivity index (χ2v) is 6.03. The number of carbonyl (C=O) groups is 1. The van der Waals surface area contributed by atoms with Crippen molar-refractivity contribution in [1.29, 1.82) is 0 Å². The van der Waals surface area contributed by atoms with E-state index >= 15 is 0 Å². The molecule has 120 valence electrons. The molecule has 0 heterocycles. The number of hydrogen-bond donors (Lipinski definition) is 1. The molecule has 23 heavy (non-hydrogen) atoms. The van der Waals surface area contributed by atoms with Gasteiger partial charge in [0.1, 0.15) is 0 Å². The van der Waals surface area contributed by atoms with Crippen LogP contribution in [0, 0.1) is 0 Å². The molecule has 2 aromatic carbocycles. The molecular formula is C21H25NO. The second kappa shape index (κ2) is 8.94. The molecule has 0 fully saturated rings. The van der Waals surface area contributed by atoms with Crippen molar-refractivity contribution in [2.45, 2.75) is 32.6 Å². The molecule has 0 radical (unpaired) electrons. The van der Waals surface area contributed by atoms with E-state index in [1.807, 2.05) is 24.3 Å². The highest BCUT2D eigenvalue weighted by atomic mass is 16.1. The van der Waals surface area contributed by atoms with Gasteiger partial charge < -0.3 is 5.32 Å². The van der Waals surface area contributed by atoms with Crippen LogP contribution in [0.3, 0.4) is 0 Å². The van der Waals surface area contributed by atoms with Crippen molar-refractivity contribution in [3.8, 4) is 0 Å². The Morgan fingerprint density at radius 3 is 2.39 bits per heavy atom. The van der Waals surface area contributed by atoms with Crippen molar-refractivity contribution in [3.05, 3.63) is 77.4 Å². The Labute approximate surface area is 139 Å². The van der Waals surface area contributed by atoms with Crippen LogP contribution in [0.1, 0.15) is 42.9 Å². The molecule has 0 aliphatic carbocycles. The molecule has 1 N–H and O–H groups in total. The fraction of sp³-hybridized carbons (Fsp3) is 0.286. The van der Waals surface area contributed by atoms with E-state index in [0.717, 1.165) is 18.4 Å². The van der Waals surface area contributed by atoms with Crippen LogP contribution < -0.4 is 5.32 Å². The zero-order valence-corrected chi connectivity index (χ0v) is 14.0. The first kappa shape index (κ1) is 17.0. The van der Waals surface area contributed by atoms with Crippen LogP contribution in [-0.2, 0) is 11.2 Å². The molecule has 0 saturated carbocycles. The lowest BCUT2D eigenvalue weighted by molar-refractivity contribution is -0.116. The minimum Gasteiger partial charge on any atom is -0.353 e. The van der Waals surface area contributed by atoms with Gasteiger partial charge in [-0.2, -0.15) is 0 Å². The van der Waals surface area contributed by atoms with Gasteiger partial charge in [-0.1, -0.05) is 68.4 Å². The van der Waals surface area contributed by atoms with Gasteiger partial charge in [0.2, 0.25) is 5.91 Å². The highest BCUT2D eigenvalue weighted by Crippen LogP contribution is 2.15. The molecule has 0 saturated heterocycles. The Morgan fingerprint density at radius 2 is 1.74 bits per heavy atom. The van der Waals surface area contributed by atoms with E-state index in [1.165, 1.54) is 11.1 Å². The van der Waals surface area contributed by atoms with Gasteiger partial charge in [-0.05, 0) is 41.5 Å². The fourth-order valence-electron chi connectivity index (χ4n) is 2.37. The van der Waals surface area contributed by atoms with Gasteiger partial charge in [-0.3, -0.25) is 4.79 Å². The third-order valence-corrected chi connectivity index (χ3v) is 3.81. The summed E-state index contributed by atoms with van der Waals surface area (Å²) in [7, 11) is 0. The summed E-state index contributed by atoms with van der Waals surface area (Å²) in [5, 5.41) is 2.93. The largest absolute Gasteiger partial charge is 0.353 e. The zero-order chi connectivity index (χ0) is 16.5. The topological polar surface area (TPSA) is 29.1 Å². The Balaban J connectivity index is 1.71. The summed E-state index contributed by atoms with van der Waals surface area (Å²) in [5.74, 6) is 0.493. The van der Waals surface area contributed by atoms with Gasteiger partial charge in [0, 0.05) is 12.6 Å². The molecule has 2 nitrogen and oxygen atoms in total. The average Bonchev–Trinajstić information content (AvgIpc) is 2.58. The number of carbonyl (C=O) groups excluding carboxylic acids is 1. The molecular weight excluding hydrogens is 282 g/mol. The van der Waals surface area contributed by atoms with Gasteiger partial charge in [-0.25, -0.2) is 0 Å². The Morgan fingerprint density at radius 1 is 1.04 bits per heavy atom. The first-order valence-electron chi connectivity index (χ1n) is 8.25. The lowest BCUT2D eigenvalue weighted by Gasteiger charge is -2.05. The molecule has 2 aromatic rings. The molecule has 2 rings (SSSR count). The van der Waals surface area contributed by atoms with E-state index in [0.29, 0.717) is 12.5 Å². The van der Waals surface area contributed by atoms with Crippen LogP contribution in [0.15, 0.2) is 60.7 Å². The Hall–Kier alpha value is -2.35. The molecule has 0 aliphatic rings. The summed E-state index contributed by atoms with van der Waals surface area (Å²) in [6.07, 6.45) is 5.40. The lowest BCUT2D eigenvalue weighted by atomic mass is 10.0.